The number of thiazole rings is 1. The molecule has 5 rings (SSSR count). The molecule has 6 nitrogen and oxygen atoms in total. The van der Waals surface area contributed by atoms with Gasteiger partial charge in [0.05, 0.1) is 23.6 Å². The Hall–Kier alpha value is -3.45. The van der Waals surface area contributed by atoms with Gasteiger partial charge in [-0.2, -0.15) is 0 Å². The van der Waals surface area contributed by atoms with Gasteiger partial charge in [0.2, 0.25) is 5.76 Å². The number of nitrogens with zero attached hydrogens (tertiary/aromatic N) is 2. The van der Waals surface area contributed by atoms with Crippen LogP contribution in [0.4, 0.5) is 5.13 Å². The minimum atomic E-state index is -0.620. The molecule has 1 unspecified atom stereocenters. The third kappa shape index (κ3) is 3.62. The highest BCUT2D eigenvalue weighted by Crippen LogP contribution is 2.42. The molecule has 1 atom stereocenters. The van der Waals surface area contributed by atoms with Crippen molar-refractivity contribution in [2.24, 2.45) is 0 Å². The van der Waals surface area contributed by atoms with Crippen LogP contribution in [0.15, 0.2) is 57.2 Å². The second-order valence-electron chi connectivity index (χ2n) is 8.27. The van der Waals surface area contributed by atoms with Crippen LogP contribution in [0.25, 0.3) is 11.0 Å². The van der Waals surface area contributed by atoms with Crippen LogP contribution in [-0.4, -0.2) is 17.5 Å². The number of aromatic nitrogens is 1. The first-order valence-corrected chi connectivity index (χ1v) is 11.9. The Kier molecular flexibility index (Phi) is 5.50. The van der Waals surface area contributed by atoms with Gasteiger partial charge < -0.3 is 9.15 Å². The molecule has 1 amide bonds. The van der Waals surface area contributed by atoms with Crippen molar-refractivity contribution in [3.63, 3.8) is 0 Å². The predicted molar refractivity (Wildman–Crippen MR) is 130 cm³/mol. The number of benzene rings is 2. The molecule has 0 spiro atoms. The van der Waals surface area contributed by atoms with E-state index in [1.165, 1.54) is 11.3 Å². The second-order valence-corrected chi connectivity index (χ2v) is 9.14. The fraction of sp³-hybridized carbons (Fsp3) is 0.269. The van der Waals surface area contributed by atoms with Crippen LogP contribution in [0, 0.1) is 13.8 Å². The number of hydrogen-bond donors (Lipinski definition) is 0. The number of aryl methyl sites for hydroxylation is 2. The molecule has 1 aliphatic heterocycles. The lowest BCUT2D eigenvalue weighted by atomic mass is 9.97. The third-order valence-electron chi connectivity index (χ3n) is 6.07. The minimum Gasteiger partial charge on any atom is -0.494 e. The first-order chi connectivity index (χ1) is 16.0. The average Bonchev–Trinajstić information content (AvgIpc) is 3.43. The summed E-state index contributed by atoms with van der Waals surface area (Å²) in [5, 5.41) is 2.82. The maximum absolute atomic E-state index is 13.7. The molecule has 3 heterocycles. The fourth-order valence-corrected chi connectivity index (χ4v) is 4.82. The summed E-state index contributed by atoms with van der Waals surface area (Å²) >= 11 is 1.35. The number of carbonyl (C=O) groups is 1. The number of anilines is 1. The molecule has 4 aromatic rings. The first kappa shape index (κ1) is 21.4. The Bertz CT molecular complexity index is 1390. The highest BCUT2D eigenvalue weighted by Gasteiger charge is 2.44. The number of fused-ring (bicyclic) bond motifs is 2. The molecule has 0 fully saturated rings. The van der Waals surface area contributed by atoms with Crippen LogP contribution in [-0.2, 0) is 0 Å². The lowest BCUT2D eigenvalue weighted by Gasteiger charge is -2.22. The van der Waals surface area contributed by atoms with Gasteiger partial charge in [0.1, 0.15) is 11.3 Å². The molecule has 0 saturated heterocycles. The quantitative estimate of drug-likeness (QED) is 0.340. The van der Waals surface area contributed by atoms with Crippen molar-refractivity contribution in [3.05, 3.63) is 86.2 Å². The van der Waals surface area contributed by atoms with E-state index in [1.54, 1.807) is 11.1 Å². The van der Waals surface area contributed by atoms with E-state index in [1.807, 2.05) is 55.6 Å². The smallest absolute Gasteiger partial charge is 0.297 e. The molecule has 0 aliphatic carbocycles. The number of ether oxygens (including phenoxy) is 1. The summed E-state index contributed by atoms with van der Waals surface area (Å²) in [5.74, 6) is 0.485. The zero-order chi connectivity index (χ0) is 23.1. The van der Waals surface area contributed by atoms with Crippen molar-refractivity contribution in [1.82, 2.24) is 4.98 Å². The number of amides is 1. The standard InChI is InChI=1S/C26H24N2O4S/c1-4-5-11-31-18-8-6-17(7-9-18)22-21-23(29)19-13-15(2)16(3)14-20(19)32-24(21)25(30)28(22)26-27-10-12-33-26/h6-10,12-14,22H,4-5,11H2,1-3H3. The van der Waals surface area contributed by atoms with Gasteiger partial charge in [-0.05, 0) is 61.2 Å². The molecule has 0 saturated carbocycles. The van der Waals surface area contributed by atoms with Crippen LogP contribution < -0.4 is 15.1 Å². The highest BCUT2D eigenvalue weighted by atomic mass is 32.1. The van der Waals surface area contributed by atoms with Crippen molar-refractivity contribution in [2.45, 2.75) is 39.7 Å². The van der Waals surface area contributed by atoms with Crippen LogP contribution in [0.5, 0.6) is 5.75 Å². The van der Waals surface area contributed by atoms with E-state index >= 15 is 0 Å². The average molecular weight is 461 g/mol. The summed E-state index contributed by atoms with van der Waals surface area (Å²) in [6.07, 6.45) is 3.69. The summed E-state index contributed by atoms with van der Waals surface area (Å²) in [6.45, 7) is 6.69. The molecule has 0 N–H and O–H groups in total. The van der Waals surface area contributed by atoms with E-state index in [2.05, 4.69) is 11.9 Å². The van der Waals surface area contributed by atoms with Gasteiger partial charge in [-0.3, -0.25) is 14.5 Å². The van der Waals surface area contributed by atoms with Crippen LogP contribution in [0.1, 0.15) is 58.6 Å². The topological polar surface area (TPSA) is 72.6 Å². The third-order valence-corrected chi connectivity index (χ3v) is 6.85. The van der Waals surface area contributed by atoms with E-state index in [0.29, 0.717) is 28.3 Å². The second kappa shape index (κ2) is 8.48. The Balaban J connectivity index is 1.67. The molecular weight excluding hydrogens is 436 g/mol. The van der Waals surface area contributed by atoms with Crippen LogP contribution in [0.3, 0.4) is 0 Å². The Morgan fingerprint density at radius 3 is 2.58 bits per heavy atom. The number of hydrogen-bond acceptors (Lipinski definition) is 6. The summed E-state index contributed by atoms with van der Waals surface area (Å²) in [4.78, 5) is 33.1. The van der Waals surface area contributed by atoms with E-state index in [0.717, 1.165) is 35.3 Å². The normalized spacial score (nSPS) is 15.3. The molecule has 168 valence electrons. The van der Waals surface area contributed by atoms with Crippen molar-refractivity contribution in [3.8, 4) is 5.75 Å². The molecule has 7 heteroatoms. The Morgan fingerprint density at radius 1 is 1.12 bits per heavy atom. The van der Waals surface area contributed by atoms with Gasteiger partial charge in [0, 0.05) is 11.6 Å². The molecular formula is C26H24N2O4S. The number of rotatable bonds is 6. The maximum atomic E-state index is 13.7. The molecule has 1 aliphatic rings. The molecule has 2 aromatic heterocycles. The van der Waals surface area contributed by atoms with Crippen LogP contribution in [0.2, 0.25) is 0 Å². The van der Waals surface area contributed by atoms with E-state index in [4.69, 9.17) is 9.15 Å². The van der Waals surface area contributed by atoms with Gasteiger partial charge in [-0.1, -0.05) is 25.5 Å². The van der Waals surface area contributed by atoms with Gasteiger partial charge in [-0.15, -0.1) is 11.3 Å². The van der Waals surface area contributed by atoms with Crippen molar-refractivity contribution in [1.29, 1.82) is 0 Å². The molecule has 0 bridgehead atoms. The highest BCUT2D eigenvalue weighted by molar-refractivity contribution is 7.13. The SMILES string of the molecule is CCCCOc1ccc(C2c3c(oc4cc(C)c(C)cc4c3=O)C(=O)N2c2nccs2)cc1. The van der Waals surface area contributed by atoms with E-state index in [-0.39, 0.29) is 17.1 Å². The summed E-state index contributed by atoms with van der Waals surface area (Å²) in [5.41, 5.74) is 3.40. The molecule has 2 aromatic carbocycles. The Morgan fingerprint density at radius 2 is 1.88 bits per heavy atom. The zero-order valence-electron chi connectivity index (χ0n) is 18.8. The molecule has 33 heavy (non-hydrogen) atoms. The number of unbranched alkanes of at least 4 members (excludes halogenated alkanes) is 1. The minimum absolute atomic E-state index is 0.0826. The summed E-state index contributed by atoms with van der Waals surface area (Å²) < 4.78 is 11.9. The first-order valence-electron chi connectivity index (χ1n) is 11.0. The van der Waals surface area contributed by atoms with Crippen molar-refractivity contribution >= 4 is 33.3 Å². The predicted octanol–water partition coefficient (Wildman–Crippen LogP) is 5.80. The monoisotopic (exact) mass is 460 g/mol. The number of carbonyl (C=O) groups excluding carboxylic acids is 1. The largest absolute Gasteiger partial charge is 0.494 e. The summed E-state index contributed by atoms with van der Waals surface area (Å²) in [7, 11) is 0. The van der Waals surface area contributed by atoms with Gasteiger partial charge in [-0.25, -0.2) is 4.98 Å². The lowest BCUT2D eigenvalue weighted by Crippen LogP contribution is -2.29. The van der Waals surface area contributed by atoms with Gasteiger partial charge in [0.15, 0.2) is 10.6 Å². The van der Waals surface area contributed by atoms with Crippen LogP contribution >= 0.6 is 11.3 Å². The Labute approximate surface area is 195 Å². The lowest BCUT2D eigenvalue weighted by molar-refractivity contribution is 0.0971. The van der Waals surface area contributed by atoms with Crippen molar-refractivity contribution in [2.75, 3.05) is 11.5 Å². The van der Waals surface area contributed by atoms with Gasteiger partial charge in [0.25, 0.3) is 5.91 Å². The van der Waals surface area contributed by atoms with E-state index in [9.17, 15) is 9.59 Å². The zero-order valence-corrected chi connectivity index (χ0v) is 19.6. The molecule has 0 radical (unpaired) electrons. The maximum Gasteiger partial charge on any atom is 0.297 e. The fourth-order valence-electron chi connectivity index (χ4n) is 4.16. The van der Waals surface area contributed by atoms with Gasteiger partial charge >= 0.3 is 0 Å². The summed E-state index contributed by atoms with van der Waals surface area (Å²) in [6, 6.07) is 10.6. The van der Waals surface area contributed by atoms with E-state index < -0.39 is 6.04 Å². The van der Waals surface area contributed by atoms with Crippen molar-refractivity contribution < 1.29 is 13.9 Å².